The van der Waals surface area contributed by atoms with Gasteiger partial charge >= 0.3 is 0 Å². The fraction of sp³-hybridized carbons (Fsp3) is 0.176. The van der Waals surface area contributed by atoms with Gasteiger partial charge in [-0.05, 0) is 30.5 Å². The molecule has 3 rings (SSSR count). The maximum atomic E-state index is 12.3. The predicted molar refractivity (Wildman–Crippen MR) is 96.7 cm³/mol. The van der Waals surface area contributed by atoms with Crippen molar-refractivity contribution in [1.29, 1.82) is 0 Å². The lowest BCUT2D eigenvalue weighted by Crippen LogP contribution is -2.14. The van der Waals surface area contributed by atoms with Crippen molar-refractivity contribution in [2.24, 2.45) is 0 Å². The van der Waals surface area contributed by atoms with Crippen molar-refractivity contribution in [2.45, 2.75) is 10.8 Å². The third kappa shape index (κ3) is 3.65. The molecule has 0 spiro atoms. The summed E-state index contributed by atoms with van der Waals surface area (Å²) in [5.41, 5.74) is 2.62. The highest BCUT2D eigenvalue weighted by atomic mass is 32.2. The Morgan fingerprint density at radius 2 is 2.13 bits per heavy atom. The van der Waals surface area contributed by atoms with Gasteiger partial charge < -0.3 is 10.1 Å². The first-order valence-corrected chi connectivity index (χ1v) is 9.10. The summed E-state index contributed by atoms with van der Waals surface area (Å²) in [6.07, 6.45) is 2.29. The van der Waals surface area contributed by atoms with Crippen LogP contribution in [-0.2, 0) is 11.2 Å². The van der Waals surface area contributed by atoms with E-state index in [4.69, 9.17) is 4.74 Å². The van der Waals surface area contributed by atoms with Gasteiger partial charge in [0.1, 0.15) is 5.75 Å². The van der Waals surface area contributed by atoms with Gasteiger partial charge in [0, 0.05) is 11.3 Å². The molecule has 4 nitrogen and oxygen atoms in total. The molecule has 0 radical (unpaired) electrons. The summed E-state index contributed by atoms with van der Waals surface area (Å²) in [5, 5.41) is 2.94. The molecule has 0 aliphatic rings. The van der Waals surface area contributed by atoms with Crippen LogP contribution < -0.4 is 10.1 Å². The molecule has 0 atom stereocenters. The summed E-state index contributed by atoms with van der Waals surface area (Å²) in [6, 6.07) is 13.3. The highest BCUT2D eigenvalue weighted by molar-refractivity contribution is 8.00. The summed E-state index contributed by atoms with van der Waals surface area (Å²) >= 11 is 3.26. The van der Waals surface area contributed by atoms with Gasteiger partial charge in [0.2, 0.25) is 5.91 Å². The van der Waals surface area contributed by atoms with Gasteiger partial charge in [-0.15, -0.1) is 11.3 Å². The summed E-state index contributed by atoms with van der Waals surface area (Å²) < 4.78 is 7.38. The van der Waals surface area contributed by atoms with Crippen molar-refractivity contribution in [3.8, 4) is 5.75 Å². The summed E-state index contributed by atoms with van der Waals surface area (Å²) in [4.78, 5) is 16.8. The van der Waals surface area contributed by atoms with Crippen LogP contribution in [0.25, 0.3) is 10.2 Å². The number of rotatable bonds is 5. The van der Waals surface area contributed by atoms with Crippen LogP contribution in [0.3, 0.4) is 0 Å². The van der Waals surface area contributed by atoms with Crippen LogP contribution in [-0.4, -0.2) is 24.3 Å². The van der Waals surface area contributed by atoms with E-state index in [0.29, 0.717) is 0 Å². The van der Waals surface area contributed by atoms with Gasteiger partial charge in [-0.25, -0.2) is 4.98 Å². The maximum absolute atomic E-state index is 12.3. The fourth-order valence-electron chi connectivity index (χ4n) is 2.30. The van der Waals surface area contributed by atoms with Crippen LogP contribution in [0.15, 0.2) is 46.8 Å². The zero-order chi connectivity index (χ0) is 16.2. The quantitative estimate of drug-likeness (QED) is 0.705. The number of amides is 1. The number of thiazole rings is 1. The molecule has 0 saturated heterocycles. The number of hydrogen-bond acceptors (Lipinski definition) is 5. The van der Waals surface area contributed by atoms with Crippen LogP contribution in [0.2, 0.25) is 0 Å². The smallest absolute Gasteiger partial charge is 0.228 e. The van der Waals surface area contributed by atoms with E-state index >= 15 is 0 Å². The molecular weight excluding hydrogens is 328 g/mol. The third-order valence-corrected chi connectivity index (χ3v) is 5.37. The van der Waals surface area contributed by atoms with E-state index in [1.165, 1.54) is 0 Å². The maximum Gasteiger partial charge on any atom is 0.228 e. The van der Waals surface area contributed by atoms with E-state index in [2.05, 4.69) is 10.3 Å². The van der Waals surface area contributed by atoms with Crippen molar-refractivity contribution in [1.82, 2.24) is 4.98 Å². The van der Waals surface area contributed by atoms with Crippen molar-refractivity contribution in [3.63, 3.8) is 0 Å². The average molecular weight is 344 g/mol. The first-order chi connectivity index (χ1) is 11.2. The van der Waals surface area contributed by atoms with Crippen LogP contribution in [0.5, 0.6) is 5.75 Å². The molecular formula is C17H16N2O2S2. The number of thioether (sulfide) groups is 1. The molecule has 1 N–H and O–H groups in total. The van der Waals surface area contributed by atoms with E-state index in [9.17, 15) is 4.79 Å². The molecule has 0 aliphatic carbocycles. The molecule has 1 amide bonds. The fourth-order valence-corrected chi connectivity index (χ4v) is 3.82. The lowest BCUT2D eigenvalue weighted by Gasteiger charge is -2.09. The number of para-hydroxylation sites is 1. The van der Waals surface area contributed by atoms with E-state index in [1.54, 1.807) is 30.2 Å². The minimum Gasteiger partial charge on any atom is -0.496 e. The normalized spacial score (nSPS) is 10.7. The number of nitrogens with one attached hydrogen (secondary N) is 1. The van der Waals surface area contributed by atoms with Gasteiger partial charge in [-0.3, -0.25) is 4.79 Å². The van der Waals surface area contributed by atoms with E-state index < -0.39 is 0 Å². The van der Waals surface area contributed by atoms with Gasteiger partial charge in [0.05, 0.1) is 23.7 Å². The molecule has 23 heavy (non-hydrogen) atoms. The largest absolute Gasteiger partial charge is 0.496 e. The minimum atomic E-state index is -0.0662. The Morgan fingerprint density at radius 3 is 2.91 bits per heavy atom. The molecule has 1 aromatic heterocycles. The first-order valence-electron chi connectivity index (χ1n) is 7.06. The number of hydrogen-bond donors (Lipinski definition) is 1. The Labute approximate surface area is 142 Å². The number of anilines is 1. The molecule has 3 aromatic rings. The van der Waals surface area contributed by atoms with Crippen molar-refractivity contribution < 1.29 is 9.53 Å². The number of ether oxygens (including phenoxy) is 1. The molecule has 0 fully saturated rings. The second-order valence-electron chi connectivity index (χ2n) is 4.90. The first kappa shape index (κ1) is 15.8. The minimum absolute atomic E-state index is 0.0662. The van der Waals surface area contributed by atoms with E-state index in [-0.39, 0.29) is 12.3 Å². The Bertz CT molecular complexity index is 845. The second-order valence-corrected chi connectivity index (χ2v) is 6.99. The molecule has 118 valence electrons. The highest BCUT2D eigenvalue weighted by Gasteiger charge is 2.10. The zero-order valence-electron chi connectivity index (χ0n) is 12.8. The van der Waals surface area contributed by atoms with Crippen LogP contribution in [0.1, 0.15) is 5.56 Å². The molecule has 0 aliphatic heterocycles. The van der Waals surface area contributed by atoms with Gasteiger partial charge in [-0.1, -0.05) is 30.0 Å². The number of nitrogens with zero attached hydrogens (tertiary/aromatic N) is 1. The van der Waals surface area contributed by atoms with Crippen molar-refractivity contribution >= 4 is 44.9 Å². The molecule has 2 aromatic carbocycles. The number of fused-ring (bicyclic) bond motifs is 1. The van der Waals surface area contributed by atoms with Crippen molar-refractivity contribution in [3.05, 3.63) is 48.0 Å². The number of carbonyl (C=O) groups is 1. The molecule has 6 heteroatoms. The third-order valence-electron chi connectivity index (χ3n) is 3.37. The summed E-state index contributed by atoms with van der Waals surface area (Å²) in [5.74, 6) is 0.661. The Morgan fingerprint density at radius 1 is 1.30 bits per heavy atom. The Kier molecular flexibility index (Phi) is 4.83. The second kappa shape index (κ2) is 7.02. The monoisotopic (exact) mass is 344 g/mol. The van der Waals surface area contributed by atoms with E-state index in [1.807, 2.05) is 48.7 Å². The molecule has 0 unspecified atom stereocenters. The lowest BCUT2D eigenvalue weighted by molar-refractivity contribution is -0.115. The Balaban J connectivity index is 1.74. The topological polar surface area (TPSA) is 51.2 Å². The van der Waals surface area contributed by atoms with Crippen LogP contribution >= 0.6 is 23.1 Å². The summed E-state index contributed by atoms with van der Waals surface area (Å²) in [7, 11) is 1.61. The number of benzene rings is 2. The summed E-state index contributed by atoms with van der Waals surface area (Å²) in [6.45, 7) is 0. The number of carbonyl (C=O) groups excluding carboxylic acids is 1. The molecule has 1 heterocycles. The predicted octanol–water partition coefficient (Wildman–Crippen LogP) is 4.21. The standard InChI is InChI=1S/C17H16N2O2S2/c1-21-14-6-4-3-5-11(14)9-16(20)18-12-7-8-13-15(10-12)23-17(19-13)22-2/h3-8,10H,9H2,1-2H3,(H,18,20). The molecule has 0 bridgehead atoms. The lowest BCUT2D eigenvalue weighted by atomic mass is 10.1. The van der Waals surface area contributed by atoms with E-state index in [0.717, 1.165) is 31.6 Å². The molecule has 0 saturated carbocycles. The average Bonchev–Trinajstić information content (AvgIpc) is 2.97. The SMILES string of the molecule is COc1ccccc1CC(=O)Nc1ccc2nc(SC)sc2c1. The van der Waals surface area contributed by atoms with Crippen LogP contribution in [0, 0.1) is 0 Å². The van der Waals surface area contributed by atoms with Crippen LogP contribution in [0.4, 0.5) is 5.69 Å². The Hall–Kier alpha value is -2.05. The van der Waals surface area contributed by atoms with Gasteiger partial charge in [0.25, 0.3) is 0 Å². The van der Waals surface area contributed by atoms with Gasteiger partial charge in [0.15, 0.2) is 4.34 Å². The number of methoxy groups -OCH3 is 1. The number of aromatic nitrogens is 1. The van der Waals surface area contributed by atoms with Crippen molar-refractivity contribution in [2.75, 3.05) is 18.7 Å². The highest BCUT2D eigenvalue weighted by Crippen LogP contribution is 2.30. The zero-order valence-corrected chi connectivity index (χ0v) is 14.5. The van der Waals surface area contributed by atoms with Gasteiger partial charge in [-0.2, -0.15) is 0 Å².